The summed E-state index contributed by atoms with van der Waals surface area (Å²) in [5, 5.41) is 8.68. The summed E-state index contributed by atoms with van der Waals surface area (Å²) in [5.74, 6) is -0.0902. The molecule has 1 aliphatic heterocycles. The van der Waals surface area contributed by atoms with Crippen molar-refractivity contribution in [1.82, 2.24) is 10.4 Å². The van der Waals surface area contributed by atoms with Crippen LogP contribution in [-0.2, 0) is 11.3 Å². The first kappa shape index (κ1) is 16.1. The summed E-state index contributed by atoms with van der Waals surface area (Å²) in [6, 6.07) is 4.66. The molecule has 0 unspecified atom stereocenters. The van der Waals surface area contributed by atoms with Crippen LogP contribution in [0.25, 0.3) is 0 Å². The summed E-state index contributed by atoms with van der Waals surface area (Å²) < 4.78 is 10.9. The molecule has 1 aromatic rings. The minimum Gasteiger partial charge on any atom is -0.491 e. The van der Waals surface area contributed by atoms with Gasteiger partial charge in [0, 0.05) is 11.1 Å². The highest BCUT2D eigenvalue weighted by Crippen LogP contribution is 2.27. The van der Waals surface area contributed by atoms with Gasteiger partial charge in [0.1, 0.15) is 12.4 Å². The Kier molecular flexibility index (Phi) is 4.87. The van der Waals surface area contributed by atoms with Gasteiger partial charge in [-0.1, -0.05) is 6.07 Å². The summed E-state index contributed by atoms with van der Waals surface area (Å²) in [6.07, 6.45) is -0.588. The molecule has 0 aliphatic carbocycles. The Morgan fingerprint density at radius 1 is 1.45 bits per heavy atom. The van der Waals surface area contributed by atoms with Gasteiger partial charge < -0.3 is 9.47 Å². The second-order valence-electron chi connectivity index (χ2n) is 5.48. The van der Waals surface area contributed by atoms with Gasteiger partial charge in [0.2, 0.25) is 0 Å². The largest absolute Gasteiger partial charge is 0.491 e. The summed E-state index contributed by atoms with van der Waals surface area (Å²) in [5.41, 5.74) is 2.64. The number of amides is 2. The third kappa shape index (κ3) is 3.48. The molecule has 0 saturated carbocycles. The van der Waals surface area contributed by atoms with Crippen molar-refractivity contribution in [3.8, 4) is 5.75 Å². The first-order valence-corrected chi connectivity index (χ1v) is 7.09. The van der Waals surface area contributed by atoms with Crippen molar-refractivity contribution in [3.05, 3.63) is 29.3 Å². The highest BCUT2D eigenvalue weighted by atomic mass is 16.6. The number of carbonyl (C=O) groups excluding carboxylic acids is 2. The topological polar surface area (TPSA) is 88.1 Å². The smallest absolute Gasteiger partial charge is 0.410 e. The number of ether oxygens (including phenoxy) is 2. The Balaban J connectivity index is 2.24. The minimum absolute atomic E-state index is 0.159. The SMILES string of the molecule is CC(C)OC(=O)N1Cc2ccc(C(=O)NO)cc2OC[C@@H]1C. The molecule has 7 nitrogen and oxygen atoms in total. The fourth-order valence-corrected chi connectivity index (χ4v) is 2.18. The molecule has 0 fully saturated rings. The van der Waals surface area contributed by atoms with E-state index in [2.05, 4.69) is 0 Å². The van der Waals surface area contributed by atoms with Gasteiger partial charge in [-0.25, -0.2) is 10.3 Å². The zero-order valence-electron chi connectivity index (χ0n) is 12.8. The van der Waals surface area contributed by atoms with Crippen LogP contribution in [0.1, 0.15) is 36.7 Å². The molecule has 1 aliphatic rings. The fraction of sp³-hybridized carbons (Fsp3) is 0.467. The number of fused-ring (bicyclic) bond motifs is 1. The average molecular weight is 308 g/mol. The van der Waals surface area contributed by atoms with Crippen LogP contribution in [-0.4, -0.2) is 40.9 Å². The molecule has 0 bridgehead atoms. The van der Waals surface area contributed by atoms with Gasteiger partial charge in [-0.15, -0.1) is 0 Å². The second kappa shape index (κ2) is 6.65. The highest BCUT2D eigenvalue weighted by molar-refractivity contribution is 5.93. The van der Waals surface area contributed by atoms with Crippen molar-refractivity contribution in [3.63, 3.8) is 0 Å². The van der Waals surface area contributed by atoms with Gasteiger partial charge in [-0.3, -0.25) is 14.9 Å². The molecule has 7 heteroatoms. The van der Waals surface area contributed by atoms with Crippen molar-refractivity contribution in [2.75, 3.05) is 6.61 Å². The minimum atomic E-state index is -0.611. The zero-order valence-corrected chi connectivity index (χ0v) is 12.8. The Hall–Kier alpha value is -2.28. The monoisotopic (exact) mass is 308 g/mol. The standard InChI is InChI=1S/C15H20N2O5/c1-9(2)22-15(19)17-7-12-5-4-11(14(18)16-20)6-13(12)21-8-10(17)3/h4-6,9-10,20H,7-8H2,1-3H3,(H,16,18)/t10-/m0/s1. The highest BCUT2D eigenvalue weighted by Gasteiger charge is 2.27. The van der Waals surface area contributed by atoms with Crippen LogP contribution in [0.15, 0.2) is 18.2 Å². The maximum absolute atomic E-state index is 12.2. The first-order chi connectivity index (χ1) is 10.4. The van der Waals surface area contributed by atoms with E-state index >= 15 is 0 Å². The van der Waals surface area contributed by atoms with Gasteiger partial charge >= 0.3 is 6.09 Å². The number of hydrogen-bond acceptors (Lipinski definition) is 5. The number of carbonyl (C=O) groups is 2. The molecule has 2 rings (SSSR count). The summed E-state index contributed by atoms with van der Waals surface area (Å²) in [6.45, 7) is 6.09. The van der Waals surface area contributed by atoms with Gasteiger partial charge in [0.05, 0.1) is 18.7 Å². The molecule has 0 saturated heterocycles. The van der Waals surface area contributed by atoms with E-state index < -0.39 is 12.0 Å². The number of benzene rings is 1. The Morgan fingerprint density at radius 3 is 2.82 bits per heavy atom. The van der Waals surface area contributed by atoms with Crippen LogP contribution in [0.2, 0.25) is 0 Å². The van der Waals surface area contributed by atoms with Crippen molar-refractivity contribution in [2.45, 2.75) is 39.5 Å². The molecule has 0 radical (unpaired) electrons. The number of nitrogens with one attached hydrogen (secondary N) is 1. The van der Waals surface area contributed by atoms with E-state index in [-0.39, 0.29) is 17.7 Å². The van der Waals surface area contributed by atoms with Gasteiger partial charge in [0.25, 0.3) is 5.91 Å². The molecule has 1 atom stereocenters. The lowest BCUT2D eigenvalue weighted by atomic mass is 10.1. The van der Waals surface area contributed by atoms with E-state index in [1.807, 2.05) is 6.92 Å². The van der Waals surface area contributed by atoms with E-state index in [1.165, 1.54) is 0 Å². The van der Waals surface area contributed by atoms with Crippen molar-refractivity contribution < 1.29 is 24.3 Å². The maximum Gasteiger partial charge on any atom is 0.410 e. The van der Waals surface area contributed by atoms with Gasteiger partial charge in [-0.2, -0.15) is 0 Å². The average Bonchev–Trinajstić information content (AvgIpc) is 2.64. The van der Waals surface area contributed by atoms with Crippen molar-refractivity contribution >= 4 is 12.0 Å². The van der Waals surface area contributed by atoms with Crippen LogP contribution in [0.5, 0.6) is 5.75 Å². The van der Waals surface area contributed by atoms with Crippen LogP contribution < -0.4 is 10.2 Å². The molecule has 1 aromatic carbocycles. The molecule has 0 spiro atoms. The number of hydroxylamine groups is 1. The normalized spacial score (nSPS) is 17.3. The van der Waals surface area contributed by atoms with E-state index in [0.29, 0.717) is 18.9 Å². The van der Waals surface area contributed by atoms with Crippen LogP contribution >= 0.6 is 0 Å². The van der Waals surface area contributed by atoms with Crippen LogP contribution in [0.3, 0.4) is 0 Å². The molecule has 2 amide bonds. The third-order valence-corrected chi connectivity index (χ3v) is 3.35. The quantitative estimate of drug-likeness (QED) is 0.644. The fourth-order valence-electron chi connectivity index (χ4n) is 2.18. The lowest BCUT2D eigenvalue weighted by Crippen LogP contribution is -2.41. The van der Waals surface area contributed by atoms with Crippen molar-refractivity contribution in [1.29, 1.82) is 0 Å². The molecule has 2 N–H and O–H groups in total. The number of rotatable bonds is 2. The predicted molar refractivity (Wildman–Crippen MR) is 77.8 cm³/mol. The zero-order chi connectivity index (χ0) is 16.3. The second-order valence-corrected chi connectivity index (χ2v) is 5.48. The van der Waals surface area contributed by atoms with E-state index in [0.717, 1.165) is 5.56 Å². The first-order valence-electron chi connectivity index (χ1n) is 7.09. The molecule has 120 valence electrons. The molecule has 22 heavy (non-hydrogen) atoms. The number of hydrogen-bond donors (Lipinski definition) is 2. The summed E-state index contributed by atoms with van der Waals surface area (Å²) in [7, 11) is 0. The lowest BCUT2D eigenvalue weighted by Gasteiger charge is -2.26. The summed E-state index contributed by atoms with van der Waals surface area (Å²) in [4.78, 5) is 25.2. The third-order valence-electron chi connectivity index (χ3n) is 3.35. The molecular formula is C15H20N2O5. The molecule has 0 aromatic heterocycles. The number of nitrogens with zero attached hydrogens (tertiary/aromatic N) is 1. The van der Waals surface area contributed by atoms with Gasteiger partial charge in [-0.05, 0) is 32.9 Å². The predicted octanol–water partition coefficient (Wildman–Crippen LogP) is 1.93. The molecular weight excluding hydrogens is 288 g/mol. The maximum atomic E-state index is 12.2. The summed E-state index contributed by atoms with van der Waals surface area (Å²) >= 11 is 0. The van der Waals surface area contributed by atoms with Crippen LogP contribution in [0, 0.1) is 0 Å². The Morgan fingerprint density at radius 2 is 2.18 bits per heavy atom. The van der Waals surface area contributed by atoms with Crippen molar-refractivity contribution in [2.24, 2.45) is 0 Å². The Bertz CT molecular complexity index is 573. The molecule has 1 heterocycles. The lowest BCUT2D eigenvalue weighted by molar-refractivity contribution is 0.0580. The van der Waals surface area contributed by atoms with E-state index in [4.69, 9.17) is 14.7 Å². The Labute approximate surface area is 128 Å². The van der Waals surface area contributed by atoms with E-state index in [1.54, 1.807) is 42.4 Å². The van der Waals surface area contributed by atoms with Crippen LogP contribution in [0.4, 0.5) is 4.79 Å². The van der Waals surface area contributed by atoms with E-state index in [9.17, 15) is 9.59 Å². The van der Waals surface area contributed by atoms with Gasteiger partial charge in [0.15, 0.2) is 0 Å².